The van der Waals surface area contributed by atoms with E-state index in [1.54, 1.807) is 19.2 Å². The quantitative estimate of drug-likeness (QED) is 0.221. The Balaban J connectivity index is 1.52. The van der Waals surface area contributed by atoms with E-state index in [1.165, 1.54) is 27.8 Å². The molecule has 1 N–H and O–H groups in total. The standard InChI is InChI=1S/C36H45FN2O8/c1-24(46-34(43)36(38-4)17-18-36)31(40)39(5)29(22-35(2,3)37)32(41)47-30(33(42)45-23-26-9-7-6-8-10-26)21-25-11-13-27(14-12-25)28-15-19-44-20-16-28/h6-15,24,29-30,38H,16-23H2,1-5H3/t24-,29+,30-/m1/s1. The Morgan fingerprint density at radius 3 is 2.26 bits per heavy atom. The second-order valence-electron chi connectivity index (χ2n) is 12.7. The third-order valence-corrected chi connectivity index (χ3v) is 8.47. The van der Waals surface area contributed by atoms with Crippen molar-refractivity contribution in [2.24, 2.45) is 0 Å². The van der Waals surface area contributed by atoms with Gasteiger partial charge in [-0.25, -0.2) is 14.0 Å². The van der Waals surface area contributed by atoms with Gasteiger partial charge in [0.15, 0.2) is 6.10 Å². The van der Waals surface area contributed by atoms with Crippen molar-refractivity contribution < 1.29 is 42.5 Å². The number of amides is 1. The summed E-state index contributed by atoms with van der Waals surface area (Å²) in [6.07, 6.45) is 0.933. The Kier molecular flexibility index (Phi) is 11.9. The maximum atomic E-state index is 15.0. The van der Waals surface area contributed by atoms with Gasteiger partial charge in [0, 0.05) is 19.9 Å². The van der Waals surface area contributed by atoms with E-state index >= 15 is 4.39 Å². The molecule has 2 aliphatic rings. The predicted molar refractivity (Wildman–Crippen MR) is 173 cm³/mol. The second-order valence-corrected chi connectivity index (χ2v) is 12.7. The molecule has 3 atom stereocenters. The van der Waals surface area contributed by atoms with Crippen LogP contribution in [0.4, 0.5) is 4.39 Å². The number of hydrogen-bond acceptors (Lipinski definition) is 9. The molecule has 47 heavy (non-hydrogen) atoms. The zero-order chi connectivity index (χ0) is 34.2. The fraction of sp³-hybridized carbons (Fsp3) is 0.500. The van der Waals surface area contributed by atoms with Crippen LogP contribution in [0.2, 0.25) is 0 Å². The van der Waals surface area contributed by atoms with Crippen LogP contribution in [0.1, 0.15) is 63.1 Å². The number of carbonyl (C=O) groups is 4. The van der Waals surface area contributed by atoms with E-state index in [-0.39, 0.29) is 13.0 Å². The van der Waals surface area contributed by atoms with E-state index in [9.17, 15) is 19.2 Å². The fourth-order valence-electron chi connectivity index (χ4n) is 5.36. The highest BCUT2D eigenvalue weighted by atomic mass is 19.1. The lowest BCUT2D eigenvalue weighted by Gasteiger charge is -2.32. The summed E-state index contributed by atoms with van der Waals surface area (Å²) in [6, 6.07) is 15.2. The van der Waals surface area contributed by atoms with Crippen LogP contribution in [0.5, 0.6) is 0 Å². The molecule has 0 saturated heterocycles. The van der Waals surface area contributed by atoms with Gasteiger partial charge in [-0.05, 0) is 69.3 Å². The van der Waals surface area contributed by atoms with Gasteiger partial charge in [0.05, 0.1) is 13.2 Å². The molecular formula is C36H45FN2O8. The van der Waals surface area contributed by atoms with Crippen LogP contribution in [0, 0.1) is 0 Å². The first-order chi connectivity index (χ1) is 22.3. The molecule has 0 unspecified atom stereocenters. The SMILES string of the molecule is CNC1(C(=O)O[C@H](C)C(=O)N(C)[C@@H](CC(C)(C)F)C(=O)O[C@H](Cc2ccc(C3=CCOCC3)cc2)C(=O)OCc2ccccc2)CC1. The molecule has 10 nitrogen and oxygen atoms in total. The lowest BCUT2D eigenvalue weighted by Crippen LogP contribution is -2.51. The van der Waals surface area contributed by atoms with Crippen molar-refractivity contribution >= 4 is 29.4 Å². The molecule has 0 radical (unpaired) electrons. The summed E-state index contributed by atoms with van der Waals surface area (Å²) in [7, 11) is 2.96. The Labute approximate surface area is 275 Å². The number of nitrogens with zero attached hydrogens (tertiary/aromatic N) is 1. The van der Waals surface area contributed by atoms with E-state index in [0.717, 1.165) is 28.0 Å². The van der Waals surface area contributed by atoms with E-state index in [2.05, 4.69) is 5.32 Å². The highest BCUT2D eigenvalue weighted by Crippen LogP contribution is 2.36. The van der Waals surface area contributed by atoms with Crippen LogP contribution in [-0.4, -0.2) is 85.5 Å². The summed E-state index contributed by atoms with van der Waals surface area (Å²) in [6.45, 7) is 5.10. The normalized spacial score (nSPS) is 17.4. The Morgan fingerprint density at radius 1 is 1.00 bits per heavy atom. The minimum absolute atomic E-state index is 0.00861. The third kappa shape index (κ3) is 9.95. The summed E-state index contributed by atoms with van der Waals surface area (Å²) in [5.41, 5.74) is 0.939. The van der Waals surface area contributed by atoms with Crippen molar-refractivity contribution in [1.82, 2.24) is 10.2 Å². The molecule has 1 heterocycles. The maximum Gasteiger partial charge on any atom is 0.348 e. The highest BCUT2D eigenvalue weighted by Gasteiger charge is 2.51. The average Bonchev–Trinajstić information content (AvgIpc) is 3.87. The van der Waals surface area contributed by atoms with Crippen LogP contribution < -0.4 is 5.32 Å². The number of nitrogens with one attached hydrogen (secondary N) is 1. The Morgan fingerprint density at radius 2 is 1.68 bits per heavy atom. The molecule has 0 bridgehead atoms. The van der Waals surface area contributed by atoms with E-state index in [0.29, 0.717) is 31.6 Å². The molecule has 4 rings (SSSR count). The van der Waals surface area contributed by atoms with Gasteiger partial charge < -0.3 is 29.2 Å². The van der Waals surface area contributed by atoms with Gasteiger partial charge in [0.2, 0.25) is 6.10 Å². The summed E-state index contributed by atoms with van der Waals surface area (Å²) in [4.78, 5) is 54.2. The number of esters is 3. The molecule has 1 aliphatic heterocycles. The van der Waals surface area contributed by atoms with Gasteiger partial charge in [-0.15, -0.1) is 0 Å². The summed E-state index contributed by atoms with van der Waals surface area (Å²) >= 11 is 0. The zero-order valence-electron chi connectivity index (χ0n) is 27.8. The van der Waals surface area contributed by atoms with E-state index in [1.807, 2.05) is 48.5 Å². The molecule has 2 aromatic carbocycles. The van der Waals surface area contributed by atoms with Gasteiger partial charge in [-0.1, -0.05) is 60.7 Å². The molecular weight excluding hydrogens is 607 g/mol. The molecule has 254 valence electrons. The van der Waals surface area contributed by atoms with Crippen molar-refractivity contribution in [1.29, 1.82) is 0 Å². The number of rotatable bonds is 15. The predicted octanol–water partition coefficient (Wildman–Crippen LogP) is 4.34. The Hall–Kier alpha value is -4.09. The number of alkyl halides is 1. The number of likely N-dealkylation sites (N-methyl/N-ethyl adjacent to an activating group) is 2. The molecule has 1 amide bonds. The van der Waals surface area contributed by atoms with Gasteiger partial charge in [-0.3, -0.25) is 9.59 Å². The average molecular weight is 653 g/mol. The molecule has 11 heteroatoms. The van der Waals surface area contributed by atoms with Crippen molar-refractivity contribution in [3.8, 4) is 0 Å². The first-order valence-corrected chi connectivity index (χ1v) is 15.9. The highest BCUT2D eigenvalue weighted by molar-refractivity contribution is 5.91. The summed E-state index contributed by atoms with van der Waals surface area (Å²) < 4.78 is 37.2. The van der Waals surface area contributed by atoms with Gasteiger partial charge in [0.1, 0.15) is 23.9 Å². The van der Waals surface area contributed by atoms with Crippen LogP contribution >= 0.6 is 0 Å². The number of halogens is 1. The summed E-state index contributed by atoms with van der Waals surface area (Å²) in [5, 5.41) is 2.92. The lowest BCUT2D eigenvalue weighted by atomic mass is 9.98. The topological polar surface area (TPSA) is 120 Å². The van der Waals surface area contributed by atoms with Crippen LogP contribution in [0.3, 0.4) is 0 Å². The van der Waals surface area contributed by atoms with Crippen molar-refractivity contribution in [2.75, 3.05) is 27.3 Å². The summed E-state index contributed by atoms with van der Waals surface area (Å²) in [5.74, 6) is -3.04. The Bertz CT molecular complexity index is 1430. The van der Waals surface area contributed by atoms with Crippen LogP contribution in [-0.2, 0) is 51.2 Å². The van der Waals surface area contributed by atoms with Gasteiger partial charge in [0.25, 0.3) is 5.91 Å². The molecule has 1 fully saturated rings. The van der Waals surface area contributed by atoms with Crippen LogP contribution in [0.25, 0.3) is 5.57 Å². The largest absolute Gasteiger partial charge is 0.458 e. The minimum atomic E-state index is -1.89. The molecule has 2 aromatic rings. The number of carbonyl (C=O) groups excluding carboxylic acids is 4. The number of benzene rings is 2. The van der Waals surface area contributed by atoms with Gasteiger partial charge in [-0.2, -0.15) is 0 Å². The monoisotopic (exact) mass is 652 g/mol. The fourth-order valence-corrected chi connectivity index (χ4v) is 5.36. The molecule has 0 spiro atoms. The second kappa shape index (κ2) is 15.7. The van der Waals surface area contributed by atoms with Crippen molar-refractivity contribution in [3.63, 3.8) is 0 Å². The first-order valence-electron chi connectivity index (χ1n) is 15.9. The van der Waals surface area contributed by atoms with Crippen LogP contribution in [0.15, 0.2) is 60.7 Å². The minimum Gasteiger partial charge on any atom is -0.458 e. The maximum absolute atomic E-state index is 15.0. The number of ether oxygens (including phenoxy) is 4. The van der Waals surface area contributed by atoms with E-state index in [4.69, 9.17) is 18.9 Å². The molecule has 1 saturated carbocycles. The van der Waals surface area contributed by atoms with E-state index < -0.39 is 59.7 Å². The van der Waals surface area contributed by atoms with Gasteiger partial charge >= 0.3 is 17.9 Å². The molecule has 0 aromatic heterocycles. The number of hydrogen-bond donors (Lipinski definition) is 1. The molecule has 1 aliphatic carbocycles. The lowest BCUT2D eigenvalue weighted by molar-refractivity contribution is -0.175. The smallest absolute Gasteiger partial charge is 0.348 e. The van der Waals surface area contributed by atoms with Crippen molar-refractivity contribution in [2.45, 2.75) is 88.9 Å². The van der Waals surface area contributed by atoms with Crippen molar-refractivity contribution in [3.05, 3.63) is 77.4 Å². The first kappa shape index (κ1) is 35.8. The third-order valence-electron chi connectivity index (χ3n) is 8.47. The zero-order valence-corrected chi connectivity index (χ0v) is 27.8.